The molecule has 0 saturated heterocycles. The summed E-state index contributed by atoms with van der Waals surface area (Å²) in [4.78, 5) is 28.6. The maximum atomic E-state index is 10.1. The molecule has 0 aromatic carbocycles. The minimum absolute atomic E-state index is 0.0853. The number of phosphoric acid groups is 1. The van der Waals surface area contributed by atoms with E-state index in [4.69, 9.17) is 0 Å². The summed E-state index contributed by atoms with van der Waals surface area (Å²) in [5, 5.41) is 0. The van der Waals surface area contributed by atoms with Gasteiger partial charge in [-0.05, 0) is 0 Å². The van der Waals surface area contributed by atoms with Gasteiger partial charge in [-0.3, -0.25) is 0 Å². The Hall–Kier alpha value is 0.660. The third-order valence-corrected chi connectivity index (χ3v) is 3.89. The monoisotopic (exact) mass is 342 g/mol. The van der Waals surface area contributed by atoms with Gasteiger partial charge in [-0.25, -0.2) is 0 Å². The Kier molecular flexibility index (Phi) is 11.4. The minimum atomic E-state index is -4.65. The third-order valence-electron chi connectivity index (χ3n) is 0.472. The van der Waals surface area contributed by atoms with Gasteiger partial charge < -0.3 is 18.9 Å². The van der Waals surface area contributed by atoms with Crippen molar-refractivity contribution >= 4 is 22.7 Å². The van der Waals surface area contributed by atoms with Gasteiger partial charge in [0.25, 0.3) is 0 Å². The Labute approximate surface area is 90.1 Å². The summed E-state index contributed by atoms with van der Waals surface area (Å²) in [5.41, 5.74) is 0. The molecule has 0 fully saturated rings. The first-order valence-electron chi connectivity index (χ1n) is 2.84. The number of hydrogen-bond acceptors (Lipinski definition) is 6. The van der Waals surface area contributed by atoms with Crippen molar-refractivity contribution in [3.05, 3.63) is 0 Å². The van der Waals surface area contributed by atoms with Crippen LogP contribution in [-0.2, 0) is 13.9 Å². The van der Waals surface area contributed by atoms with Crippen molar-refractivity contribution in [2.24, 2.45) is 0 Å². The molecular weight excluding hydrogens is 332 g/mol. The number of phosphoric ester groups is 1. The van der Waals surface area contributed by atoms with E-state index in [0.29, 0.717) is 0 Å². The van der Waals surface area contributed by atoms with Crippen molar-refractivity contribution in [2.45, 2.75) is 6.92 Å². The van der Waals surface area contributed by atoms with Crippen LogP contribution in [0.3, 0.4) is 0 Å². The molecule has 82 valence electrons. The van der Waals surface area contributed by atoms with Crippen LogP contribution in [-0.4, -0.2) is 19.3 Å². The van der Waals surface area contributed by atoms with Crippen LogP contribution in [0.15, 0.2) is 0 Å². The first kappa shape index (κ1) is 16.1. The molecule has 0 aliphatic heterocycles. The molecule has 0 unspecified atom stereocenters. The van der Waals surface area contributed by atoms with E-state index in [1.54, 1.807) is 8.93 Å². The van der Waals surface area contributed by atoms with Gasteiger partial charge >= 0.3 is 56.4 Å². The molecule has 1 amide bonds. The molecule has 13 heavy (non-hydrogen) atoms. The Morgan fingerprint density at radius 2 is 2.00 bits per heavy atom. The second-order valence-electron chi connectivity index (χ2n) is 1.51. The Balaban J connectivity index is 0. The molecule has 6 nitrogen and oxygen atoms in total. The fourth-order valence-electron chi connectivity index (χ4n) is 0.0929. The number of hydrogen-bond donors (Lipinski definition) is 1. The summed E-state index contributed by atoms with van der Waals surface area (Å²) in [7, 11) is -2.12. The predicted molar refractivity (Wildman–Crippen MR) is 41.9 cm³/mol. The quantitative estimate of drug-likeness (QED) is 0.318. The van der Waals surface area contributed by atoms with Gasteiger partial charge in [-0.15, -0.1) is 0 Å². The predicted octanol–water partition coefficient (Wildman–Crippen LogP) is -4.13. The topological polar surface area (TPSA) is 102 Å². The second kappa shape index (κ2) is 9.22. The standard InChI is InChI=1S/C3H7INOS.CH5O4P/c1-3(6)5-4-7-2;1-5-6(2,3)4/h1-2H3,(H,5,6);1H3,(H2,2,3,4)/q-1;/p-2. The molecule has 0 aliphatic carbocycles. The fraction of sp³-hybridized carbons (Fsp3) is 0.750. The van der Waals surface area contributed by atoms with Gasteiger partial charge in [0.15, 0.2) is 0 Å². The fourth-order valence-corrected chi connectivity index (χ4v) is 1.87. The number of nitrogens with one attached hydrogen (secondary N) is 1. The summed E-state index contributed by atoms with van der Waals surface area (Å²) in [6.07, 6.45) is 1.99. The van der Waals surface area contributed by atoms with Crippen LogP contribution in [0.25, 0.3) is 0 Å². The second-order valence-corrected chi connectivity index (χ2v) is 7.74. The van der Waals surface area contributed by atoms with Crippen LogP contribution in [0.5, 0.6) is 0 Å². The van der Waals surface area contributed by atoms with Crippen LogP contribution in [0, 0.1) is 0 Å². The Morgan fingerprint density at radius 1 is 1.62 bits per heavy atom. The summed E-state index contributed by atoms with van der Waals surface area (Å²) >= 11 is -0.0952. The summed E-state index contributed by atoms with van der Waals surface area (Å²) in [5.74, 6) is 0.0853. The SMILES string of the molecule is COP(=O)([O-])[O-].CS[I-]NC(C)=O. The van der Waals surface area contributed by atoms with Gasteiger partial charge in [0, 0.05) is 7.11 Å². The average Bonchev–Trinajstić information content (AvgIpc) is 2.01. The van der Waals surface area contributed by atoms with Crippen molar-refractivity contribution in [2.75, 3.05) is 13.4 Å². The van der Waals surface area contributed by atoms with Crippen molar-refractivity contribution in [3.63, 3.8) is 0 Å². The van der Waals surface area contributed by atoms with E-state index >= 15 is 0 Å². The summed E-state index contributed by atoms with van der Waals surface area (Å²) < 4.78 is 15.4. The number of halogens is 1. The Morgan fingerprint density at radius 3 is 2.08 bits per heavy atom. The normalized spacial score (nSPS) is 10.2. The van der Waals surface area contributed by atoms with Crippen molar-refractivity contribution in [3.8, 4) is 0 Å². The molecule has 0 aliphatic rings. The van der Waals surface area contributed by atoms with Crippen molar-refractivity contribution in [1.82, 2.24) is 3.53 Å². The number of rotatable bonds is 3. The van der Waals surface area contributed by atoms with Crippen LogP contribution in [0.2, 0.25) is 0 Å². The molecule has 0 saturated carbocycles. The molecule has 9 heteroatoms. The maximum absolute atomic E-state index is 10.1. The summed E-state index contributed by atoms with van der Waals surface area (Å²) in [6, 6.07) is 0. The van der Waals surface area contributed by atoms with E-state index in [-0.39, 0.29) is 26.0 Å². The molecule has 0 aromatic heterocycles. The molecule has 0 heterocycles. The molecule has 0 bridgehead atoms. The van der Waals surface area contributed by atoms with Crippen LogP contribution in [0.1, 0.15) is 6.92 Å². The first-order chi connectivity index (χ1) is 5.83. The van der Waals surface area contributed by atoms with Crippen molar-refractivity contribution < 1.29 is 43.8 Å². The van der Waals surface area contributed by atoms with E-state index in [0.717, 1.165) is 7.11 Å². The third kappa shape index (κ3) is 24.5. The molecule has 0 radical (unpaired) electrons. The van der Waals surface area contributed by atoms with E-state index < -0.39 is 7.82 Å². The number of carbonyl (C=O) groups is 1. The van der Waals surface area contributed by atoms with Gasteiger partial charge in [0.1, 0.15) is 0 Å². The Bertz CT molecular complexity index is 185. The molecule has 1 N–H and O–H groups in total. The molecular formula is C4H10INO5PS-3. The molecule has 0 spiro atoms. The van der Waals surface area contributed by atoms with E-state index in [9.17, 15) is 19.1 Å². The zero-order chi connectivity index (χ0) is 10.9. The number of carbonyl (C=O) groups excluding carboxylic acids is 1. The first-order valence-corrected chi connectivity index (χ1v) is 9.15. The van der Waals surface area contributed by atoms with Crippen molar-refractivity contribution in [1.29, 1.82) is 0 Å². The van der Waals surface area contributed by atoms with Gasteiger partial charge in [0.05, 0.1) is 7.82 Å². The number of amides is 1. The zero-order valence-electron chi connectivity index (χ0n) is 7.27. The van der Waals surface area contributed by atoms with Crippen LogP contribution in [0.4, 0.5) is 0 Å². The van der Waals surface area contributed by atoms with E-state index in [1.165, 1.54) is 6.92 Å². The molecule has 0 rings (SSSR count). The zero-order valence-corrected chi connectivity index (χ0v) is 11.1. The van der Waals surface area contributed by atoms with E-state index in [2.05, 4.69) is 8.05 Å². The molecule has 0 aromatic rings. The van der Waals surface area contributed by atoms with E-state index in [1.807, 2.05) is 6.26 Å². The van der Waals surface area contributed by atoms with Gasteiger partial charge in [-0.1, -0.05) is 0 Å². The van der Waals surface area contributed by atoms with Gasteiger partial charge in [0.2, 0.25) is 0 Å². The van der Waals surface area contributed by atoms with Crippen LogP contribution >= 0.6 is 16.8 Å². The summed E-state index contributed by atoms with van der Waals surface area (Å²) in [6.45, 7) is 1.54. The van der Waals surface area contributed by atoms with Crippen LogP contribution < -0.4 is 33.4 Å². The average molecular weight is 342 g/mol. The van der Waals surface area contributed by atoms with Gasteiger partial charge in [-0.2, -0.15) is 0 Å². The molecule has 0 atom stereocenters.